The van der Waals surface area contributed by atoms with E-state index in [1.54, 1.807) is 54.5 Å². The number of hydrogen-bond donors (Lipinski definition) is 2. The van der Waals surface area contributed by atoms with Gasteiger partial charge in [0.2, 0.25) is 5.91 Å². The molecule has 10 heteroatoms. The smallest absolute Gasteiger partial charge is 0.321 e. The Morgan fingerprint density at radius 3 is 2.05 bits per heavy atom. The van der Waals surface area contributed by atoms with E-state index in [9.17, 15) is 18.8 Å². The van der Waals surface area contributed by atoms with Gasteiger partial charge in [-0.3, -0.25) is 9.59 Å². The highest BCUT2D eigenvalue weighted by Crippen LogP contribution is 2.21. The van der Waals surface area contributed by atoms with Gasteiger partial charge in [0.1, 0.15) is 18.1 Å². The number of anilines is 3. The number of urea groups is 1. The Morgan fingerprint density at radius 2 is 1.39 bits per heavy atom. The number of nitrogens with one attached hydrogen (secondary N) is 2. The summed E-state index contributed by atoms with van der Waals surface area (Å²) in [5, 5.41) is 5.77. The Bertz CT molecular complexity index is 1570. The molecule has 2 N–H and O–H groups in total. The van der Waals surface area contributed by atoms with Gasteiger partial charge in [0.15, 0.2) is 0 Å². The fraction of sp³-hybridized carbons (Fsp3) is 0.206. The van der Waals surface area contributed by atoms with Crippen LogP contribution in [0.4, 0.5) is 26.2 Å². The molecule has 4 aromatic carbocycles. The van der Waals surface area contributed by atoms with Gasteiger partial charge in [0, 0.05) is 49.8 Å². The van der Waals surface area contributed by atoms with Crippen molar-refractivity contribution in [3.63, 3.8) is 0 Å². The van der Waals surface area contributed by atoms with Crippen molar-refractivity contribution in [3.05, 3.63) is 120 Å². The third-order valence-corrected chi connectivity index (χ3v) is 7.37. The highest BCUT2D eigenvalue weighted by molar-refractivity contribution is 5.99. The molecule has 226 valence electrons. The third-order valence-electron chi connectivity index (χ3n) is 7.37. The van der Waals surface area contributed by atoms with Crippen molar-refractivity contribution in [3.8, 4) is 5.75 Å². The molecule has 0 spiro atoms. The highest BCUT2D eigenvalue weighted by atomic mass is 19.1. The quantitative estimate of drug-likeness (QED) is 0.268. The average molecular weight is 596 g/mol. The van der Waals surface area contributed by atoms with Crippen molar-refractivity contribution in [2.75, 3.05) is 55.4 Å². The van der Waals surface area contributed by atoms with Gasteiger partial charge in [-0.05, 0) is 66.2 Å². The number of nitrogens with zero attached hydrogens (tertiary/aromatic N) is 3. The van der Waals surface area contributed by atoms with Gasteiger partial charge in [-0.15, -0.1) is 0 Å². The summed E-state index contributed by atoms with van der Waals surface area (Å²) in [7, 11) is 1.60. The lowest BCUT2D eigenvalue weighted by molar-refractivity contribution is -0.117. The van der Waals surface area contributed by atoms with Gasteiger partial charge >= 0.3 is 6.03 Å². The number of carbonyl (C=O) groups is 3. The third kappa shape index (κ3) is 7.71. The standard InChI is InChI=1S/C34H34FN5O4/c1-44-29-17-13-27(14-18-29)37-34(43)39-21-19-38(20-22-39)28-15-11-26(12-16-28)36-32(41)24-40(23-25-7-3-2-4-8-25)33(42)30-9-5-6-10-31(30)35/h2-18H,19-24H2,1H3,(H,36,41)(H,37,43). The predicted octanol–water partition coefficient (Wildman–Crippen LogP) is 5.47. The topological polar surface area (TPSA) is 94.2 Å². The monoisotopic (exact) mass is 595 g/mol. The van der Waals surface area contributed by atoms with E-state index in [1.807, 2.05) is 42.5 Å². The van der Waals surface area contributed by atoms with E-state index in [0.717, 1.165) is 17.0 Å². The van der Waals surface area contributed by atoms with Gasteiger partial charge in [-0.1, -0.05) is 42.5 Å². The summed E-state index contributed by atoms with van der Waals surface area (Å²) < 4.78 is 19.6. The first kappa shape index (κ1) is 30.1. The number of amides is 4. The molecule has 0 aromatic heterocycles. The summed E-state index contributed by atoms with van der Waals surface area (Å²) in [4.78, 5) is 44.3. The zero-order valence-corrected chi connectivity index (χ0v) is 24.4. The zero-order valence-electron chi connectivity index (χ0n) is 24.4. The first-order valence-electron chi connectivity index (χ1n) is 14.3. The molecule has 0 bridgehead atoms. The summed E-state index contributed by atoms with van der Waals surface area (Å²) in [6.45, 7) is 2.36. The second kappa shape index (κ2) is 14.2. The van der Waals surface area contributed by atoms with Crippen molar-refractivity contribution < 1.29 is 23.5 Å². The highest BCUT2D eigenvalue weighted by Gasteiger charge is 2.23. The number of halogens is 1. The van der Waals surface area contributed by atoms with Gasteiger partial charge in [-0.2, -0.15) is 0 Å². The van der Waals surface area contributed by atoms with Crippen LogP contribution in [-0.2, 0) is 11.3 Å². The second-order valence-electron chi connectivity index (χ2n) is 10.4. The summed E-state index contributed by atoms with van der Waals surface area (Å²) in [5.74, 6) is -0.864. The molecule has 0 aliphatic carbocycles. The van der Waals surface area contributed by atoms with E-state index in [0.29, 0.717) is 37.6 Å². The molecule has 1 heterocycles. The van der Waals surface area contributed by atoms with E-state index in [4.69, 9.17) is 4.74 Å². The van der Waals surface area contributed by atoms with Crippen LogP contribution >= 0.6 is 0 Å². The largest absolute Gasteiger partial charge is 0.497 e. The molecule has 5 rings (SSSR count). The van der Waals surface area contributed by atoms with Crippen LogP contribution in [0.5, 0.6) is 5.75 Å². The molecule has 1 aliphatic heterocycles. The van der Waals surface area contributed by atoms with Crippen LogP contribution in [-0.4, -0.2) is 67.5 Å². The van der Waals surface area contributed by atoms with E-state index >= 15 is 0 Å². The van der Waals surface area contributed by atoms with Gasteiger partial charge in [-0.25, -0.2) is 9.18 Å². The zero-order chi connectivity index (χ0) is 30.9. The molecule has 0 radical (unpaired) electrons. The number of ether oxygens (including phenoxy) is 1. The van der Waals surface area contributed by atoms with Crippen molar-refractivity contribution in [1.29, 1.82) is 0 Å². The number of carbonyl (C=O) groups excluding carboxylic acids is 3. The molecule has 1 saturated heterocycles. The minimum atomic E-state index is -0.634. The SMILES string of the molecule is COc1ccc(NC(=O)N2CCN(c3ccc(NC(=O)CN(Cc4ccccc4)C(=O)c4ccccc4F)cc3)CC2)cc1. The fourth-order valence-electron chi connectivity index (χ4n) is 4.98. The van der Waals surface area contributed by atoms with Crippen LogP contribution in [0.15, 0.2) is 103 Å². The van der Waals surface area contributed by atoms with E-state index < -0.39 is 17.6 Å². The number of hydrogen-bond acceptors (Lipinski definition) is 5. The first-order chi connectivity index (χ1) is 21.4. The lowest BCUT2D eigenvalue weighted by Gasteiger charge is -2.36. The molecule has 0 saturated carbocycles. The minimum Gasteiger partial charge on any atom is -0.497 e. The molecule has 44 heavy (non-hydrogen) atoms. The van der Waals surface area contributed by atoms with Crippen LogP contribution in [0.2, 0.25) is 0 Å². The molecule has 4 amide bonds. The maximum Gasteiger partial charge on any atom is 0.321 e. The second-order valence-corrected chi connectivity index (χ2v) is 10.4. The number of methoxy groups -OCH3 is 1. The predicted molar refractivity (Wildman–Crippen MR) is 168 cm³/mol. The summed E-state index contributed by atoms with van der Waals surface area (Å²) in [6, 6.07) is 29.5. The van der Waals surface area contributed by atoms with Crippen molar-refractivity contribution in [1.82, 2.24) is 9.80 Å². The average Bonchev–Trinajstić information content (AvgIpc) is 3.05. The Balaban J connectivity index is 1.15. The van der Waals surface area contributed by atoms with Gasteiger partial charge in [0.25, 0.3) is 5.91 Å². The molecular formula is C34H34FN5O4. The van der Waals surface area contributed by atoms with Crippen molar-refractivity contribution in [2.24, 2.45) is 0 Å². The van der Waals surface area contributed by atoms with Crippen molar-refractivity contribution >= 4 is 34.9 Å². The lowest BCUT2D eigenvalue weighted by Crippen LogP contribution is -2.50. The number of piperazine rings is 1. The molecule has 9 nitrogen and oxygen atoms in total. The van der Waals surface area contributed by atoms with Crippen LogP contribution in [0.1, 0.15) is 15.9 Å². The van der Waals surface area contributed by atoms with Crippen LogP contribution in [0.3, 0.4) is 0 Å². The lowest BCUT2D eigenvalue weighted by atomic mass is 10.1. The molecule has 1 fully saturated rings. The van der Waals surface area contributed by atoms with Crippen LogP contribution in [0, 0.1) is 5.82 Å². The Kier molecular flexibility index (Phi) is 9.71. The normalized spacial score (nSPS) is 12.8. The van der Waals surface area contributed by atoms with Crippen LogP contribution < -0.4 is 20.3 Å². The minimum absolute atomic E-state index is 0.0844. The summed E-state index contributed by atoms with van der Waals surface area (Å²) in [5.41, 5.74) is 3.00. The Morgan fingerprint density at radius 1 is 0.773 bits per heavy atom. The van der Waals surface area contributed by atoms with Gasteiger partial charge < -0.3 is 30.1 Å². The van der Waals surface area contributed by atoms with Crippen LogP contribution in [0.25, 0.3) is 0 Å². The summed E-state index contributed by atoms with van der Waals surface area (Å²) >= 11 is 0. The number of benzene rings is 4. The molecular weight excluding hydrogens is 561 g/mol. The Hall–Kier alpha value is -5.38. The summed E-state index contributed by atoms with van der Waals surface area (Å²) in [6.07, 6.45) is 0. The fourth-order valence-corrected chi connectivity index (χ4v) is 4.98. The molecule has 4 aromatic rings. The molecule has 0 atom stereocenters. The van der Waals surface area contributed by atoms with Crippen molar-refractivity contribution in [2.45, 2.75) is 6.54 Å². The molecule has 0 unspecified atom stereocenters. The first-order valence-corrected chi connectivity index (χ1v) is 14.3. The van der Waals surface area contributed by atoms with Gasteiger partial charge in [0.05, 0.1) is 12.7 Å². The maximum absolute atomic E-state index is 14.4. The van der Waals surface area contributed by atoms with E-state index in [-0.39, 0.29) is 24.7 Å². The van der Waals surface area contributed by atoms with E-state index in [2.05, 4.69) is 15.5 Å². The maximum atomic E-state index is 14.4. The molecule has 1 aliphatic rings. The number of rotatable bonds is 9. The van der Waals surface area contributed by atoms with E-state index in [1.165, 1.54) is 23.1 Å². The Labute approximate surface area is 255 Å².